The molecule has 0 aliphatic carbocycles. The monoisotopic (exact) mass is 303 g/mol. The standard InChI is InChI=1S/C16H17NO3S/c1-3-9-20-14-5-4-8-17-15(14)21-12-7-6-11(2)13(10-12)16(18)19/h4-8,10H,3,9H2,1-2H3,(H,18,19). The molecule has 0 amide bonds. The summed E-state index contributed by atoms with van der Waals surface area (Å²) in [6, 6.07) is 9.07. The van der Waals surface area contributed by atoms with Gasteiger partial charge in [0.05, 0.1) is 12.2 Å². The van der Waals surface area contributed by atoms with Gasteiger partial charge in [-0.2, -0.15) is 0 Å². The van der Waals surface area contributed by atoms with E-state index in [1.807, 2.05) is 25.1 Å². The van der Waals surface area contributed by atoms with Crippen LogP contribution in [-0.2, 0) is 0 Å². The van der Waals surface area contributed by atoms with Crippen molar-refractivity contribution in [1.29, 1.82) is 0 Å². The summed E-state index contributed by atoms with van der Waals surface area (Å²) < 4.78 is 5.66. The first-order chi connectivity index (χ1) is 10.1. The second-order valence-corrected chi connectivity index (χ2v) is 5.60. The van der Waals surface area contributed by atoms with Gasteiger partial charge in [0.15, 0.2) is 5.75 Å². The Morgan fingerprint density at radius 3 is 2.90 bits per heavy atom. The van der Waals surface area contributed by atoms with Gasteiger partial charge in [0.2, 0.25) is 0 Å². The summed E-state index contributed by atoms with van der Waals surface area (Å²) in [5.41, 5.74) is 1.06. The average Bonchev–Trinajstić information content (AvgIpc) is 2.48. The van der Waals surface area contributed by atoms with E-state index in [-0.39, 0.29) is 0 Å². The molecular formula is C16H17NO3S. The molecule has 0 unspecified atom stereocenters. The van der Waals surface area contributed by atoms with E-state index in [0.29, 0.717) is 12.2 Å². The van der Waals surface area contributed by atoms with Crippen molar-refractivity contribution < 1.29 is 14.6 Å². The highest BCUT2D eigenvalue weighted by Crippen LogP contribution is 2.33. The van der Waals surface area contributed by atoms with Gasteiger partial charge in [-0.15, -0.1) is 0 Å². The van der Waals surface area contributed by atoms with Gasteiger partial charge in [0, 0.05) is 11.1 Å². The number of aromatic carboxylic acids is 1. The zero-order valence-electron chi connectivity index (χ0n) is 12.0. The number of benzene rings is 1. The van der Waals surface area contributed by atoms with E-state index in [9.17, 15) is 9.90 Å². The Morgan fingerprint density at radius 1 is 1.38 bits per heavy atom. The molecule has 110 valence electrons. The Bertz CT molecular complexity index is 643. The number of carbonyl (C=O) groups is 1. The van der Waals surface area contributed by atoms with Crippen molar-refractivity contribution in [2.24, 2.45) is 0 Å². The maximum absolute atomic E-state index is 11.2. The minimum Gasteiger partial charge on any atom is -0.491 e. The zero-order chi connectivity index (χ0) is 15.2. The van der Waals surface area contributed by atoms with E-state index >= 15 is 0 Å². The lowest BCUT2D eigenvalue weighted by atomic mass is 10.1. The van der Waals surface area contributed by atoms with Gasteiger partial charge >= 0.3 is 5.97 Å². The largest absolute Gasteiger partial charge is 0.491 e. The number of aromatic nitrogens is 1. The number of rotatable bonds is 6. The van der Waals surface area contributed by atoms with E-state index < -0.39 is 5.97 Å². The summed E-state index contributed by atoms with van der Waals surface area (Å²) >= 11 is 1.41. The average molecular weight is 303 g/mol. The van der Waals surface area contributed by atoms with Crippen molar-refractivity contribution in [3.05, 3.63) is 47.7 Å². The topological polar surface area (TPSA) is 59.4 Å². The van der Waals surface area contributed by atoms with Crippen molar-refractivity contribution in [2.45, 2.75) is 30.2 Å². The highest BCUT2D eigenvalue weighted by atomic mass is 32.2. The number of carboxylic acids is 1. The van der Waals surface area contributed by atoms with Crippen LogP contribution in [0.25, 0.3) is 0 Å². The predicted molar refractivity (Wildman–Crippen MR) is 82.3 cm³/mol. The summed E-state index contributed by atoms with van der Waals surface area (Å²) in [5, 5.41) is 9.92. The Balaban J connectivity index is 2.26. The summed E-state index contributed by atoms with van der Waals surface area (Å²) in [7, 11) is 0. The summed E-state index contributed by atoms with van der Waals surface area (Å²) in [4.78, 5) is 16.3. The maximum Gasteiger partial charge on any atom is 0.335 e. The van der Waals surface area contributed by atoms with Gasteiger partial charge in [-0.3, -0.25) is 0 Å². The second-order valence-electron chi connectivity index (χ2n) is 4.54. The lowest BCUT2D eigenvalue weighted by molar-refractivity contribution is 0.0696. The van der Waals surface area contributed by atoms with Crippen molar-refractivity contribution in [2.75, 3.05) is 6.61 Å². The molecule has 21 heavy (non-hydrogen) atoms. The summed E-state index contributed by atoms with van der Waals surface area (Å²) in [6.07, 6.45) is 2.63. The lowest BCUT2D eigenvalue weighted by Gasteiger charge is -2.10. The molecule has 0 aliphatic rings. The van der Waals surface area contributed by atoms with Gasteiger partial charge in [0.1, 0.15) is 5.03 Å². The van der Waals surface area contributed by atoms with Gasteiger partial charge in [-0.1, -0.05) is 24.8 Å². The fourth-order valence-corrected chi connectivity index (χ4v) is 2.66. The second kappa shape index (κ2) is 7.13. The first kappa shape index (κ1) is 15.4. The fourth-order valence-electron chi connectivity index (χ4n) is 1.78. The van der Waals surface area contributed by atoms with Crippen LogP contribution < -0.4 is 4.74 Å². The molecule has 2 aromatic rings. The molecule has 1 aromatic heterocycles. The number of nitrogens with zero attached hydrogens (tertiary/aromatic N) is 1. The molecule has 5 heteroatoms. The third-order valence-electron chi connectivity index (χ3n) is 2.85. The minimum atomic E-state index is -0.918. The number of hydrogen-bond acceptors (Lipinski definition) is 4. The summed E-state index contributed by atoms with van der Waals surface area (Å²) in [5.74, 6) is -0.194. The van der Waals surface area contributed by atoms with Crippen LogP contribution in [0.3, 0.4) is 0 Å². The SMILES string of the molecule is CCCOc1cccnc1Sc1ccc(C)c(C(=O)O)c1. The Kier molecular flexibility index (Phi) is 5.22. The van der Waals surface area contributed by atoms with Crippen LogP contribution in [-0.4, -0.2) is 22.7 Å². The molecular weight excluding hydrogens is 286 g/mol. The molecule has 0 fully saturated rings. The number of carboxylic acid groups (broad SMARTS) is 1. The third kappa shape index (κ3) is 3.98. The first-order valence-electron chi connectivity index (χ1n) is 6.71. The molecule has 1 heterocycles. The summed E-state index contributed by atoms with van der Waals surface area (Å²) in [6.45, 7) is 4.46. The van der Waals surface area contributed by atoms with Gasteiger partial charge in [0.25, 0.3) is 0 Å². The molecule has 0 saturated carbocycles. The van der Waals surface area contributed by atoms with E-state index in [1.165, 1.54) is 11.8 Å². The molecule has 1 N–H and O–H groups in total. The number of aryl methyl sites for hydroxylation is 1. The van der Waals surface area contributed by atoms with Crippen LogP contribution in [0.1, 0.15) is 29.3 Å². The van der Waals surface area contributed by atoms with Crippen LogP contribution >= 0.6 is 11.8 Å². The quantitative estimate of drug-likeness (QED) is 0.873. The third-order valence-corrected chi connectivity index (χ3v) is 3.84. The van der Waals surface area contributed by atoms with Crippen LogP contribution in [0, 0.1) is 6.92 Å². The normalized spacial score (nSPS) is 10.4. The van der Waals surface area contributed by atoms with Gasteiger partial charge in [-0.05, 0) is 43.2 Å². The smallest absolute Gasteiger partial charge is 0.335 e. The van der Waals surface area contributed by atoms with E-state index in [0.717, 1.165) is 27.7 Å². The predicted octanol–water partition coefficient (Wildman–Crippen LogP) is 4.03. The lowest BCUT2D eigenvalue weighted by Crippen LogP contribution is -2.00. The van der Waals surface area contributed by atoms with Crippen LogP contribution in [0.15, 0.2) is 46.5 Å². The molecule has 0 bridgehead atoms. The number of ether oxygens (including phenoxy) is 1. The van der Waals surface area contributed by atoms with Crippen LogP contribution in [0.2, 0.25) is 0 Å². The first-order valence-corrected chi connectivity index (χ1v) is 7.53. The molecule has 4 nitrogen and oxygen atoms in total. The molecule has 0 saturated heterocycles. The molecule has 0 radical (unpaired) electrons. The van der Waals surface area contributed by atoms with E-state index in [4.69, 9.17) is 4.74 Å². The van der Waals surface area contributed by atoms with Crippen molar-refractivity contribution in [3.63, 3.8) is 0 Å². The van der Waals surface area contributed by atoms with Gasteiger partial charge < -0.3 is 9.84 Å². The van der Waals surface area contributed by atoms with Crippen molar-refractivity contribution >= 4 is 17.7 Å². The van der Waals surface area contributed by atoms with E-state index in [2.05, 4.69) is 4.98 Å². The van der Waals surface area contributed by atoms with Crippen LogP contribution in [0.5, 0.6) is 5.75 Å². The maximum atomic E-state index is 11.2. The zero-order valence-corrected chi connectivity index (χ0v) is 12.8. The molecule has 2 rings (SSSR count). The molecule has 1 aromatic carbocycles. The number of pyridine rings is 1. The van der Waals surface area contributed by atoms with Crippen LogP contribution in [0.4, 0.5) is 0 Å². The highest BCUT2D eigenvalue weighted by molar-refractivity contribution is 7.99. The molecule has 0 aliphatic heterocycles. The minimum absolute atomic E-state index is 0.312. The Labute approximate surface area is 128 Å². The van der Waals surface area contributed by atoms with Crippen molar-refractivity contribution in [1.82, 2.24) is 4.98 Å². The fraction of sp³-hybridized carbons (Fsp3) is 0.250. The highest BCUT2D eigenvalue weighted by Gasteiger charge is 2.11. The van der Waals surface area contributed by atoms with Gasteiger partial charge in [-0.25, -0.2) is 9.78 Å². The molecule has 0 atom stereocenters. The molecule has 0 spiro atoms. The Hall–Kier alpha value is -2.01. The Morgan fingerprint density at radius 2 is 2.19 bits per heavy atom. The number of hydrogen-bond donors (Lipinski definition) is 1. The van der Waals surface area contributed by atoms with Crippen molar-refractivity contribution in [3.8, 4) is 5.75 Å². The van der Waals surface area contributed by atoms with E-state index in [1.54, 1.807) is 25.3 Å².